The zero-order valence-electron chi connectivity index (χ0n) is 12.0. The Bertz CT molecular complexity index is 554. The second kappa shape index (κ2) is 5.63. The molecule has 0 N–H and O–H groups in total. The van der Waals surface area contributed by atoms with Gasteiger partial charge in [0, 0.05) is 37.9 Å². The highest BCUT2D eigenvalue weighted by molar-refractivity contribution is 5.46. The van der Waals surface area contributed by atoms with Gasteiger partial charge in [-0.15, -0.1) is 0 Å². The second-order valence-corrected chi connectivity index (χ2v) is 5.40. The van der Waals surface area contributed by atoms with Crippen molar-refractivity contribution < 1.29 is 4.63 Å². The van der Waals surface area contributed by atoms with E-state index in [1.807, 2.05) is 6.92 Å². The number of aryl methyl sites for hydroxylation is 1. The zero-order valence-corrected chi connectivity index (χ0v) is 12.0. The molecule has 1 aromatic carbocycles. The number of hydrogen-bond donors (Lipinski definition) is 0. The first kappa shape index (κ1) is 13.1. The first-order valence-corrected chi connectivity index (χ1v) is 7.06. The standard InChI is InChI=1S/C15H20N4O/c1-12-10-19(14-6-4-3-5-7-14)9-8-18(12)11-15-13(2)16-20-17-15/h3-7,12H,8-11H2,1-2H3. The zero-order chi connectivity index (χ0) is 13.9. The van der Waals surface area contributed by atoms with Crippen LogP contribution in [0.15, 0.2) is 35.0 Å². The normalized spacial score (nSPS) is 20.3. The van der Waals surface area contributed by atoms with Crippen LogP contribution in [0.25, 0.3) is 0 Å². The number of aromatic nitrogens is 2. The molecular weight excluding hydrogens is 252 g/mol. The molecule has 1 aromatic heterocycles. The lowest BCUT2D eigenvalue weighted by Gasteiger charge is -2.40. The van der Waals surface area contributed by atoms with Crippen molar-refractivity contribution in [2.24, 2.45) is 0 Å². The minimum absolute atomic E-state index is 0.486. The van der Waals surface area contributed by atoms with Crippen LogP contribution in [0.4, 0.5) is 5.69 Å². The molecule has 2 heterocycles. The van der Waals surface area contributed by atoms with Gasteiger partial charge in [0.05, 0.1) is 0 Å². The molecule has 0 saturated carbocycles. The van der Waals surface area contributed by atoms with E-state index in [1.54, 1.807) is 0 Å². The van der Waals surface area contributed by atoms with Crippen LogP contribution < -0.4 is 4.90 Å². The molecule has 0 amide bonds. The van der Waals surface area contributed by atoms with Crippen LogP contribution in [-0.2, 0) is 6.54 Å². The summed E-state index contributed by atoms with van der Waals surface area (Å²) in [5.41, 5.74) is 3.14. The molecule has 1 saturated heterocycles. The lowest BCUT2D eigenvalue weighted by molar-refractivity contribution is 0.175. The smallest absolute Gasteiger partial charge is 0.122 e. The highest BCUT2D eigenvalue weighted by Gasteiger charge is 2.25. The van der Waals surface area contributed by atoms with Gasteiger partial charge < -0.3 is 4.90 Å². The SMILES string of the molecule is Cc1nonc1CN1CCN(c2ccccc2)CC1C. The van der Waals surface area contributed by atoms with E-state index in [-0.39, 0.29) is 0 Å². The van der Waals surface area contributed by atoms with Crippen molar-refractivity contribution in [2.75, 3.05) is 24.5 Å². The Morgan fingerprint density at radius 1 is 1.20 bits per heavy atom. The minimum atomic E-state index is 0.486. The summed E-state index contributed by atoms with van der Waals surface area (Å²) in [7, 11) is 0. The van der Waals surface area contributed by atoms with Gasteiger partial charge in [-0.25, -0.2) is 4.63 Å². The fraction of sp³-hybridized carbons (Fsp3) is 0.467. The molecule has 0 spiro atoms. The summed E-state index contributed by atoms with van der Waals surface area (Å²) in [6, 6.07) is 11.1. The van der Waals surface area contributed by atoms with E-state index in [0.717, 1.165) is 37.6 Å². The molecular formula is C15H20N4O. The van der Waals surface area contributed by atoms with E-state index in [4.69, 9.17) is 4.63 Å². The third kappa shape index (κ3) is 2.67. The van der Waals surface area contributed by atoms with E-state index in [1.165, 1.54) is 5.69 Å². The van der Waals surface area contributed by atoms with E-state index in [9.17, 15) is 0 Å². The molecule has 20 heavy (non-hydrogen) atoms. The maximum atomic E-state index is 4.78. The predicted octanol–water partition coefficient (Wildman–Crippen LogP) is 2.09. The van der Waals surface area contributed by atoms with Crippen molar-refractivity contribution >= 4 is 5.69 Å². The number of nitrogens with zero attached hydrogens (tertiary/aromatic N) is 4. The van der Waals surface area contributed by atoms with Crippen molar-refractivity contribution in [1.29, 1.82) is 0 Å². The van der Waals surface area contributed by atoms with Gasteiger partial charge in [-0.05, 0) is 26.0 Å². The summed E-state index contributed by atoms with van der Waals surface area (Å²) >= 11 is 0. The fourth-order valence-corrected chi connectivity index (χ4v) is 2.69. The lowest BCUT2D eigenvalue weighted by atomic mass is 10.1. The van der Waals surface area contributed by atoms with Gasteiger partial charge in [0.2, 0.25) is 0 Å². The number of rotatable bonds is 3. The molecule has 0 radical (unpaired) electrons. The van der Waals surface area contributed by atoms with Crippen LogP contribution in [-0.4, -0.2) is 40.9 Å². The number of para-hydroxylation sites is 1. The van der Waals surface area contributed by atoms with Crippen molar-refractivity contribution in [3.8, 4) is 0 Å². The fourth-order valence-electron chi connectivity index (χ4n) is 2.69. The molecule has 0 aliphatic carbocycles. The van der Waals surface area contributed by atoms with Crippen LogP contribution in [0.5, 0.6) is 0 Å². The Balaban J connectivity index is 1.64. The van der Waals surface area contributed by atoms with Gasteiger partial charge in [-0.3, -0.25) is 4.90 Å². The summed E-state index contributed by atoms with van der Waals surface area (Å²) < 4.78 is 4.78. The Labute approximate surface area is 119 Å². The molecule has 3 rings (SSSR count). The van der Waals surface area contributed by atoms with E-state index >= 15 is 0 Å². The highest BCUT2D eigenvalue weighted by Crippen LogP contribution is 2.20. The van der Waals surface area contributed by atoms with Gasteiger partial charge >= 0.3 is 0 Å². The second-order valence-electron chi connectivity index (χ2n) is 5.40. The number of hydrogen-bond acceptors (Lipinski definition) is 5. The average molecular weight is 272 g/mol. The highest BCUT2D eigenvalue weighted by atomic mass is 16.6. The number of piperazine rings is 1. The van der Waals surface area contributed by atoms with Crippen molar-refractivity contribution in [2.45, 2.75) is 26.4 Å². The molecule has 1 atom stereocenters. The average Bonchev–Trinajstić information content (AvgIpc) is 2.87. The number of anilines is 1. The first-order valence-electron chi connectivity index (χ1n) is 7.06. The summed E-state index contributed by atoms with van der Waals surface area (Å²) in [6.07, 6.45) is 0. The number of benzene rings is 1. The van der Waals surface area contributed by atoms with Gasteiger partial charge in [-0.1, -0.05) is 28.5 Å². The molecule has 5 nitrogen and oxygen atoms in total. The topological polar surface area (TPSA) is 45.4 Å². The third-order valence-corrected chi connectivity index (χ3v) is 3.99. The summed E-state index contributed by atoms with van der Waals surface area (Å²) in [4.78, 5) is 4.88. The van der Waals surface area contributed by atoms with Crippen LogP contribution in [0.2, 0.25) is 0 Å². The van der Waals surface area contributed by atoms with Gasteiger partial charge in [0.1, 0.15) is 11.4 Å². The first-order chi connectivity index (χ1) is 9.74. The minimum Gasteiger partial charge on any atom is -0.369 e. The quantitative estimate of drug-likeness (QED) is 0.856. The Morgan fingerprint density at radius 3 is 2.65 bits per heavy atom. The van der Waals surface area contributed by atoms with Crippen LogP contribution in [0, 0.1) is 6.92 Å². The lowest BCUT2D eigenvalue weighted by Crippen LogP contribution is -2.51. The summed E-state index contributed by atoms with van der Waals surface area (Å²) in [5, 5.41) is 7.83. The summed E-state index contributed by atoms with van der Waals surface area (Å²) in [6.45, 7) is 8.13. The van der Waals surface area contributed by atoms with E-state index in [0.29, 0.717) is 6.04 Å². The van der Waals surface area contributed by atoms with E-state index < -0.39 is 0 Å². The molecule has 1 aliphatic heterocycles. The maximum absolute atomic E-state index is 4.78. The summed E-state index contributed by atoms with van der Waals surface area (Å²) in [5.74, 6) is 0. The Morgan fingerprint density at radius 2 is 2.00 bits per heavy atom. The molecule has 1 fully saturated rings. The molecule has 1 unspecified atom stereocenters. The van der Waals surface area contributed by atoms with Crippen molar-refractivity contribution in [3.05, 3.63) is 41.7 Å². The Kier molecular flexibility index (Phi) is 3.69. The molecule has 106 valence electrons. The van der Waals surface area contributed by atoms with Gasteiger partial charge in [0.25, 0.3) is 0 Å². The van der Waals surface area contributed by atoms with Gasteiger partial charge in [0.15, 0.2) is 0 Å². The molecule has 5 heteroatoms. The molecule has 2 aromatic rings. The molecule has 0 bridgehead atoms. The Hall–Kier alpha value is -1.88. The largest absolute Gasteiger partial charge is 0.369 e. The van der Waals surface area contributed by atoms with E-state index in [2.05, 4.69) is 57.4 Å². The third-order valence-electron chi connectivity index (χ3n) is 3.99. The maximum Gasteiger partial charge on any atom is 0.122 e. The van der Waals surface area contributed by atoms with Crippen LogP contribution in [0.1, 0.15) is 18.3 Å². The van der Waals surface area contributed by atoms with Crippen molar-refractivity contribution in [1.82, 2.24) is 15.2 Å². The molecule has 1 aliphatic rings. The van der Waals surface area contributed by atoms with Gasteiger partial charge in [-0.2, -0.15) is 0 Å². The predicted molar refractivity (Wildman–Crippen MR) is 77.6 cm³/mol. The van der Waals surface area contributed by atoms with Crippen molar-refractivity contribution in [3.63, 3.8) is 0 Å². The van der Waals surface area contributed by atoms with Crippen LogP contribution in [0.3, 0.4) is 0 Å². The van der Waals surface area contributed by atoms with Crippen LogP contribution >= 0.6 is 0 Å². The monoisotopic (exact) mass is 272 g/mol.